The Morgan fingerprint density at radius 2 is 1.80 bits per heavy atom. The molecule has 4 rings (SSSR count). The van der Waals surface area contributed by atoms with Crippen molar-refractivity contribution in [2.75, 3.05) is 0 Å². The van der Waals surface area contributed by atoms with Gasteiger partial charge in [-0.15, -0.1) is 0 Å². The van der Waals surface area contributed by atoms with Crippen molar-refractivity contribution in [2.45, 2.75) is 44.8 Å². The van der Waals surface area contributed by atoms with Crippen LogP contribution in [0.15, 0.2) is 48.5 Å². The van der Waals surface area contributed by atoms with Gasteiger partial charge in [0.15, 0.2) is 0 Å². The number of amides is 1. The molecule has 2 atom stereocenters. The van der Waals surface area contributed by atoms with Crippen molar-refractivity contribution in [3.05, 3.63) is 70.0 Å². The number of aliphatic hydroxyl groups excluding tert-OH is 1. The molecule has 0 spiro atoms. The third kappa shape index (κ3) is 4.10. The molecule has 156 valence electrons. The number of aromatic nitrogens is 2. The lowest BCUT2D eigenvalue weighted by Gasteiger charge is -2.28. The fourth-order valence-electron chi connectivity index (χ4n) is 3.96. The van der Waals surface area contributed by atoms with Gasteiger partial charge in [0.2, 0.25) is 0 Å². The first-order valence-corrected chi connectivity index (χ1v) is 10.8. The first kappa shape index (κ1) is 20.9. The summed E-state index contributed by atoms with van der Waals surface area (Å²) in [6, 6.07) is 14.5. The number of rotatable bonds is 4. The van der Waals surface area contributed by atoms with Crippen LogP contribution in [0.2, 0.25) is 10.0 Å². The van der Waals surface area contributed by atoms with Crippen LogP contribution in [0.4, 0.5) is 0 Å². The van der Waals surface area contributed by atoms with E-state index in [1.54, 1.807) is 18.2 Å². The van der Waals surface area contributed by atoms with Crippen molar-refractivity contribution >= 4 is 29.1 Å². The first-order valence-electron chi connectivity index (χ1n) is 10.0. The van der Waals surface area contributed by atoms with Gasteiger partial charge in [-0.25, -0.2) is 4.98 Å². The molecule has 2 aromatic carbocycles. The number of imidazole rings is 1. The zero-order valence-electron chi connectivity index (χ0n) is 16.6. The molecular formula is C23H23Cl2N3O2. The minimum Gasteiger partial charge on any atom is -0.391 e. The lowest BCUT2D eigenvalue weighted by molar-refractivity contribution is 0.0713. The largest absolute Gasteiger partial charge is 0.391 e. The van der Waals surface area contributed by atoms with Crippen LogP contribution < -0.4 is 5.32 Å². The van der Waals surface area contributed by atoms with Crippen molar-refractivity contribution in [2.24, 2.45) is 0 Å². The van der Waals surface area contributed by atoms with E-state index in [-0.39, 0.29) is 11.9 Å². The van der Waals surface area contributed by atoms with Crippen LogP contribution in [0.25, 0.3) is 17.1 Å². The van der Waals surface area contributed by atoms with Gasteiger partial charge in [0.25, 0.3) is 5.91 Å². The zero-order chi connectivity index (χ0) is 21.3. The second kappa shape index (κ2) is 8.80. The summed E-state index contributed by atoms with van der Waals surface area (Å²) in [6.45, 7) is 1.86. The second-order valence-corrected chi connectivity index (χ2v) is 8.44. The fraction of sp³-hybridized carbons (Fsp3) is 0.304. The van der Waals surface area contributed by atoms with E-state index in [1.165, 1.54) is 0 Å². The van der Waals surface area contributed by atoms with Crippen molar-refractivity contribution in [1.29, 1.82) is 0 Å². The molecule has 1 aliphatic rings. The minimum absolute atomic E-state index is 0.255. The lowest BCUT2D eigenvalue weighted by Crippen LogP contribution is -2.45. The molecule has 30 heavy (non-hydrogen) atoms. The Kier molecular flexibility index (Phi) is 6.14. The van der Waals surface area contributed by atoms with Gasteiger partial charge < -0.3 is 10.4 Å². The molecule has 1 aliphatic carbocycles. The number of benzene rings is 2. The molecule has 2 N–H and O–H groups in total. The summed E-state index contributed by atoms with van der Waals surface area (Å²) >= 11 is 12.5. The van der Waals surface area contributed by atoms with Crippen molar-refractivity contribution in [3.63, 3.8) is 0 Å². The van der Waals surface area contributed by atoms with Crippen LogP contribution in [0.3, 0.4) is 0 Å². The third-order valence-corrected chi connectivity index (χ3v) is 6.15. The Hall–Kier alpha value is -2.34. The molecule has 1 aromatic heterocycles. The predicted molar refractivity (Wildman–Crippen MR) is 119 cm³/mol. The normalized spacial score (nSPS) is 18.9. The Morgan fingerprint density at radius 1 is 1.10 bits per heavy atom. The summed E-state index contributed by atoms with van der Waals surface area (Å²) in [5.41, 5.74) is 2.57. The molecule has 3 aromatic rings. The van der Waals surface area contributed by atoms with Gasteiger partial charge in [0.05, 0.1) is 22.9 Å². The molecular weight excluding hydrogens is 421 g/mol. The van der Waals surface area contributed by atoms with Crippen LogP contribution in [0.5, 0.6) is 0 Å². The molecule has 1 fully saturated rings. The molecule has 7 heteroatoms. The number of aliphatic hydroxyl groups is 1. The highest BCUT2D eigenvalue weighted by Gasteiger charge is 2.28. The van der Waals surface area contributed by atoms with E-state index in [1.807, 2.05) is 41.8 Å². The van der Waals surface area contributed by atoms with Gasteiger partial charge in [-0.05, 0) is 56.2 Å². The van der Waals surface area contributed by atoms with Gasteiger partial charge in [-0.2, -0.15) is 0 Å². The standard InChI is InChI=1S/C23H23Cl2N3O2/c1-14-21(23(30)26-19-8-4-5-9-20(19)29)27-22(17-6-2-3-7-18(17)25)28(14)16-12-10-15(24)11-13-16/h2-3,6-7,10-13,19-20,29H,4-5,8-9H2,1H3,(H,26,30). The summed E-state index contributed by atoms with van der Waals surface area (Å²) < 4.78 is 1.91. The molecule has 0 saturated heterocycles. The molecule has 0 aliphatic heterocycles. The number of hydrogen-bond acceptors (Lipinski definition) is 3. The van der Waals surface area contributed by atoms with Crippen LogP contribution >= 0.6 is 23.2 Å². The first-order chi connectivity index (χ1) is 14.5. The minimum atomic E-state index is -0.524. The highest BCUT2D eigenvalue weighted by Crippen LogP contribution is 2.32. The van der Waals surface area contributed by atoms with Gasteiger partial charge in [-0.3, -0.25) is 9.36 Å². The number of nitrogens with one attached hydrogen (secondary N) is 1. The lowest BCUT2D eigenvalue weighted by atomic mass is 9.92. The molecule has 2 unspecified atom stereocenters. The van der Waals surface area contributed by atoms with Crippen LogP contribution in [-0.4, -0.2) is 32.7 Å². The third-order valence-electron chi connectivity index (χ3n) is 5.57. The molecule has 1 saturated carbocycles. The molecule has 0 bridgehead atoms. The summed E-state index contributed by atoms with van der Waals surface area (Å²) in [7, 11) is 0. The molecule has 5 nitrogen and oxygen atoms in total. The van der Waals surface area contributed by atoms with E-state index in [0.29, 0.717) is 33.7 Å². The van der Waals surface area contributed by atoms with Crippen LogP contribution in [0, 0.1) is 6.92 Å². The van der Waals surface area contributed by atoms with E-state index in [2.05, 4.69) is 10.3 Å². The quantitative estimate of drug-likeness (QED) is 0.582. The number of carbonyl (C=O) groups excluding carboxylic acids is 1. The predicted octanol–water partition coefficient (Wildman–Crippen LogP) is 5.19. The van der Waals surface area contributed by atoms with Gasteiger partial charge >= 0.3 is 0 Å². The number of nitrogens with zero attached hydrogens (tertiary/aromatic N) is 2. The van der Waals surface area contributed by atoms with Gasteiger partial charge in [0.1, 0.15) is 11.5 Å². The summed E-state index contributed by atoms with van der Waals surface area (Å²) in [5, 5.41) is 14.4. The maximum absolute atomic E-state index is 13.1. The number of halogens is 2. The maximum atomic E-state index is 13.1. The van der Waals surface area contributed by atoms with Crippen LogP contribution in [0.1, 0.15) is 41.9 Å². The molecule has 1 heterocycles. The fourth-order valence-corrected chi connectivity index (χ4v) is 4.31. The Bertz CT molecular complexity index is 1060. The number of hydrogen-bond donors (Lipinski definition) is 2. The molecule has 1 amide bonds. The smallest absolute Gasteiger partial charge is 0.272 e. The van der Waals surface area contributed by atoms with Gasteiger partial charge in [0, 0.05) is 16.3 Å². The van der Waals surface area contributed by atoms with E-state index in [0.717, 1.165) is 30.5 Å². The van der Waals surface area contributed by atoms with Crippen molar-refractivity contribution < 1.29 is 9.90 Å². The van der Waals surface area contributed by atoms with E-state index in [4.69, 9.17) is 23.2 Å². The Morgan fingerprint density at radius 3 is 2.50 bits per heavy atom. The van der Waals surface area contributed by atoms with E-state index in [9.17, 15) is 9.90 Å². The van der Waals surface area contributed by atoms with Crippen molar-refractivity contribution in [3.8, 4) is 17.1 Å². The highest BCUT2D eigenvalue weighted by atomic mass is 35.5. The Balaban J connectivity index is 1.78. The maximum Gasteiger partial charge on any atom is 0.272 e. The molecule has 0 radical (unpaired) electrons. The van der Waals surface area contributed by atoms with Crippen molar-refractivity contribution in [1.82, 2.24) is 14.9 Å². The van der Waals surface area contributed by atoms with E-state index >= 15 is 0 Å². The second-order valence-electron chi connectivity index (χ2n) is 7.59. The topological polar surface area (TPSA) is 67.2 Å². The monoisotopic (exact) mass is 443 g/mol. The average molecular weight is 444 g/mol. The SMILES string of the molecule is Cc1c(C(=O)NC2CCCCC2O)nc(-c2ccccc2Cl)n1-c1ccc(Cl)cc1. The van der Waals surface area contributed by atoms with Crippen LogP contribution in [-0.2, 0) is 0 Å². The summed E-state index contributed by atoms with van der Waals surface area (Å²) in [5.74, 6) is 0.286. The highest BCUT2D eigenvalue weighted by molar-refractivity contribution is 6.33. The summed E-state index contributed by atoms with van der Waals surface area (Å²) in [4.78, 5) is 17.8. The summed E-state index contributed by atoms with van der Waals surface area (Å²) in [6.07, 6.45) is 2.92. The zero-order valence-corrected chi connectivity index (χ0v) is 18.1. The van der Waals surface area contributed by atoms with Gasteiger partial charge in [-0.1, -0.05) is 48.2 Å². The van der Waals surface area contributed by atoms with E-state index < -0.39 is 6.10 Å². The number of carbonyl (C=O) groups is 1. The Labute approximate surface area is 185 Å². The average Bonchev–Trinajstić information content (AvgIpc) is 3.08.